The van der Waals surface area contributed by atoms with Crippen molar-refractivity contribution >= 4 is 23.5 Å². The van der Waals surface area contributed by atoms with Gasteiger partial charge in [-0.3, -0.25) is 0 Å². The molecule has 0 N–H and O–H groups in total. The van der Waals surface area contributed by atoms with Crippen molar-refractivity contribution in [2.75, 3.05) is 0 Å². The van der Waals surface area contributed by atoms with Crippen molar-refractivity contribution in [1.82, 2.24) is 0 Å². The van der Waals surface area contributed by atoms with Gasteiger partial charge in [-0.25, -0.2) is 0 Å². The fourth-order valence-electron chi connectivity index (χ4n) is 0.863. The van der Waals surface area contributed by atoms with E-state index in [1.165, 1.54) is 6.07 Å². The number of rotatable bonds is 2. The zero-order valence-corrected chi connectivity index (χ0v) is 15.2. The Morgan fingerprint density at radius 1 is 1.00 bits per heavy atom. The van der Waals surface area contributed by atoms with E-state index in [1.54, 1.807) is 0 Å². The molecule has 4 nitrogen and oxygen atoms in total. The van der Waals surface area contributed by atoms with Gasteiger partial charge in [0.1, 0.15) is 0 Å². The average molecular weight is 277 g/mol. The van der Waals surface area contributed by atoms with E-state index in [-0.39, 0.29) is 108 Å². The molecule has 0 fully saturated rings. The number of halogens is 1. The van der Waals surface area contributed by atoms with Crippen molar-refractivity contribution in [2.45, 2.75) is 0 Å². The Labute approximate surface area is 176 Å². The minimum absolute atomic E-state index is 0. The van der Waals surface area contributed by atoms with E-state index in [0.717, 1.165) is 12.1 Å². The number of carbonyl (C=O) groups excluding carboxylic acids is 2. The van der Waals surface area contributed by atoms with Crippen molar-refractivity contribution < 1.29 is 123 Å². The van der Waals surface area contributed by atoms with Crippen LogP contribution in [-0.2, 0) is 0 Å². The first kappa shape index (κ1) is 19.1. The molecule has 0 aliphatic carbocycles. The van der Waals surface area contributed by atoms with Crippen LogP contribution in [0.2, 0.25) is 5.02 Å². The number of carbonyl (C=O) groups is 2. The van der Waals surface area contributed by atoms with E-state index in [1.807, 2.05) is 0 Å². The smallest absolute Gasteiger partial charge is 0.545 e. The Morgan fingerprint density at radius 3 is 1.87 bits per heavy atom. The molecule has 0 radical (unpaired) electrons. The third-order valence-electron chi connectivity index (χ3n) is 1.42. The van der Waals surface area contributed by atoms with E-state index in [9.17, 15) is 19.8 Å². The summed E-state index contributed by atoms with van der Waals surface area (Å²) in [4.78, 5) is 20.8. The first-order valence-corrected chi connectivity index (χ1v) is 3.62. The van der Waals surface area contributed by atoms with Crippen LogP contribution >= 0.6 is 11.6 Å². The van der Waals surface area contributed by atoms with Crippen LogP contribution in [-0.4, -0.2) is 11.9 Å². The molecule has 1 rings (SSSR count). The van der Waals surface area contributed by atoms with E-state index in [2.05, 4.69) is 0 Å². The van der Waals surface area contributed by atoms with Gasteiger partial charge in [-0.05, 0) is 12.1 Å². The summed E-state index contributed by atoms with van der Waals surface area (Å²) < 4.78 is 0. The molecule has 0 aromatic heterocycles. The molecule has 68 valence electrons. The zero-order chi connectivity index (χ0) is 10.0. The molecular formula is C8H3ClK2O4. The summed E-state index contributed by atoms with van der Waals surface area (Å²) in [6.45, 7) is 0. The quantitative estimate of drug-likeness (QED) is 0.503. The van der Waals surface area contributed by atoms with Gasteiger partial charge in [0.25, 0.3) is 0 Å². The average Bonchev–Trinajstić information content (AvgIpc) is 2.03. The SMILES string of the molecule is O=C([O-])c1ccc(Cl)cc1C(=O)[O-].[K+].[K+]. The Bertz CT molecular complexity index is 381. The third-order valence-corrected chi connectivity index (χ3v) is 1.66. The number of hydrogen-bond acceptors (Lipinski definition) is 4. The topological polar surface area (TPSA) is 80.3 Å². The molecule has 1 aromatic carbocycles. The largest absolute Gasteiger partial charge is 1.00 e. The van der Waals surface area contributed by atoms with Gasteiger partial charge < -0.3 is 19.8 Å². The maximum Gasteiger partial charge on any atom is 1.00 e. The summed E-state index contributed by atoms with van der Waals surface area (Å²) in [5, 5.41) is 20.9. The number of benzene rings is 1. The van der Waals surface area contributed by atoms with Gasteiger partial charge in [0.05, 0.1) is 11.9 Å². The molecule has 0 atom stereocenters. The molecule has 0 aliphatic rings. The summed E-state index contributed by atoms with van der Waals surface area (Å²) in [5.41, 5.74) is -0.920. The van der Waals surface area contributed by atoms with Gasteiger partial charge in [-0.1, -0.05) is 17.7 Å². The zero-order valence-electron chi connectivity index (χ0n) is 8.24. The first-order valence-electron chi connectivity index (χ1n) is 3.24. The van der Waals surface area contributed by atoms with Gasteiger partial charge in [0, 0.05) is 16.1 Å². The van der Waals surface area contributed by atoms with Crippen LogP contribution in [0.1, 0.15) is 20.7 Å². The molecule has 0 saturated heterocycles. The number of hydrogen-bond donors (Lipinski definition) is 0. The Kier molecular flexibility index (Phi) is 11.1. The van der Waals surface area contributed by atoms with Crippen molar-refractivity contribution in [3.8, 4) is 0 Å². The Balaban J connectivity index is 0. The van der Waals surface area contributed by atoms with Gasteiger partial charge in [-0.15, -0.1) is 0 Å². The van der Waals surface area contributed by atoms with Crippen molar-refractivity contribution in [3.63, 3.8) is 0 Å². The van der Waals surface area contributed by atoms with Crippen LogP contribution in [0.25, 0.3) is 0 Å². The molecule has 0 unspecified atom stereocenters. The van der Waals surface area contributed by atoms with E-state index < -0.39 is 23.1 Å². The van der Waals surface area contributed by atoms with E-state index >= 15 is 0 Å². The van der Waals surface area contributed by atoms with Crippen molar-refractivity contribution in [3.05, 3.63) is 34.3 Å². The molecule has 15 heavy (non-hydrogen) atoms. The molecule has 0 spiro atoms. The van der Waals surface area contributed by atoms with Gasteiger partial charge >= 0.3 is 103 Å². The van der Waals surface area contributed by atoms with Crippen LogP contribution in [0.3, 0.4) is 0 Å². The van der Waals surface area contributed by atoms with Crippen LogP contribution in [0.5, 0.6) is 0 Å². The predicted molar refractivity (Wildman–Crippen MR) is 40.1 cm³/mol. The van der Waals surface area contributed by atoms with Crippen LogP contribution in [0.15, 0.2) is 18.2 Å². The van der Waals surface area contributed by atoms with Crippen LogP contribution in [0, 0.1) is 0 Å². The number of carboxylic acids is 2. The second-order valence-corrected chi connectivity index (χ2v) is 2.70. The molecule has 0 heterocycles. The van der Waals surface area contributed by atoms with Gasteiger partial charge in [0.2, 0.25) is 0 Å². The summed E-state index contributed by atoms with van der Waals surface area (Å²) in [5.74, 6) is -3.17. The minimum Gasteiger partial charge on any atom is -0.545 e. The molecular weight excluding hydrogens is 274 g/mol. The standard InChI is InChI=1S/C8H5ClO4.2K/c9-4-1-2-5(7(10)11)6(3-4)8(12)13;;/h1-3H,(H,10,11)(H,12,13);;/q;2*+1/p-2. The monoisotopic (exact) mass is 276 g/mol. The second-order valence-electron chi connectivity index (χ2n) is 2.26. The summed E-state index contributed by atoms with van der Waals surface area (Å²) in [6, 6.07) is 3.32. The number of carboxylic acid groups (broad SMARTS) is 2. The van der Waals surface area contributed by atoms with E-state index in [0.29, 0.717) is 0 Å². The van der Waals surface area contributed by atoms with Gasteiger partial charge in [-0.2, -0.15) is 0 Å². The fourth-order valence-corrected chi connectivity index (χ4v) is 1.04. The molecule has 0 aliphatic heterocycles. The first-order chi connectivity index (χ1) is 6.02. The molecule has 0 saturated carbocycles. The molecule has 0 amide bonds. The summed E-state index contributed by atoms with van der Waals surface area (Å²) in [6.07, 6.45) is 0. The number of aromatic carboxylic acids is 2. The maximum absolute atomic E-state index is 10.4. The Hall–Kier alpha value is 1.72. The molecule has 0 bridgehead atoms. The minimum atomic E-state index is -1.60. The van der Waals surface area contributed by atoms with Crippen LogP contribution in [0.4, 0.5) is 0 Å². The van der Waals surface area contributed by atoms with E-state index in [4.69, 9.17) is 11.6 Å². The Morgan fingerprint density at radius 2 is 1.47 bits per heavy atom. The van der Waals surface area contributed by atoms with Crippen LogP contribution < -0.4 is 113 Å². The normalized spacial score (nSPS) is 8.33. The summed E-state index contributed by atoms with van der Waals surface area (Å²) >= 11 is 5.46. The fraction of sp³-hybridized carbons (Fsp3) is 0. The second kappa shape index (κ2) is 8.76. The maximum atomic E-state index is 10.4. The van der Waals surface area contributed by atoms with Gasteiger partial charge in [0.15, 0.2) is 0 Å². The summed E-state index contributed by atoms with van der Waals surface area (Å²) in [7, 11) is 0. The predicted octanol–water partition coefficient (Wildman–Crippen LogP) is -6.92. The molecule has 7 heteroatoms. The molecule has 1 aromatic rings. The van der Waals surface area contributed by atoms with Crippen molar-refractivity contribution in [2.24, 2.45) is 0 Å². The third kappa shape index (κ3) is 5.73. The van der Waals surface area contributed by atoms with Crippen molar-refractivity contribution in [1.29, 1.82) is 0 Å².